The summed E-state index contributed by atoms with van der Waals surface area (Å²) >= 11 is 0. The Balaban J connectivity index is 0.000000225. The van der Waals surface area contributed by atoms with Crippen LogP contribution in [0.2, 0.25) is 0 Å². The maximum absolute atomic E-state index is 10.9. The molecule has 0 bridgehead atoms. The Hall–Kier alpha value is -2.62. The van der Waals surface area contributed by atoms with Crippen LogP contribution in [0.25, 0.3) is 0 Å². The molecule has 1 amide bonds. The Morgan fingerprint density at radius 2 is 1.17 bits per heavy atom. The number of ether oxygens (including phenoxy) is 1. The predicted octanol–water partition coefficient (Wildman–Crippen LogP) is 2.61. The predicted molar refractivity (Wildman–Crippen MR) is 67.9 cm³/mol. The van der Waals surface area contributed by atoms with Crippen molar-refractivity contribution in [2.45, 2.75) is 0 Å². The number of benzene rings is 2. The van der Waals surface area contributed by atoms with Crippen molar-refractivity contribution in [2.75, 3.05) is 0 Å². The number of hydrogen-bond acceptors (Lipinski definition) is 3. The highest BCUT2D eigenvalue weighted by Gasteiger charge is 2.08. The minimum absolute atomic E-state index is 0.302. The van der Waals surface area contributed by atoms with E-state index >= 15 is 0 Å². The lowest BCUT2D eigenvalue weighted by molar-refractivity contribution is 0.0638. The first kappa shape index (κ1) is 13.4. The van der Waals surface area contributed by atoms with Gasteiger partial charge in [0.1, 0.15) is 0 Å². The summed E-state index contributed by atoms with van der Waals surface area (Å²) in [5.74, 6) is -0.733. The number of hydrogen-bond donors (Lipinski definition) is 1. The average molecular weight is 243 g/mol. The number of carbonyl (C=O) groups excluding carboxylic acids is 2. The molecule has 0 saturated heterocycles. The van der Waals surface area contributed by atoms with E-state index < -0.39 is 12.1 Å². The molecule has 18 heavy (non-hydrogen) atoms. The van der Waals surface area contributed by atoms with Crippen molar-refractivity contribution in [3.8, 4) is 0 Å². The van der Waals surface area contributed by atoms with Gasteiger partial charge in [0.2, 0.25) is 0 Å². The van der Waals surface area contributed by atoms with Gasteiger partial charge in [-0.2, -0.15) is 0 Å². The molecule has 0 unspecified atom stereocenters. The zero-order valence-corrected chi connectivity index (χ0v) is 9.65. The molecule has 0 heterocycles. The summed E-state index contributed by atoms with van der Waals surface area (Å²) in [6.07, 6.45) is -1.09. The molecule has 0 aromatic heterocycles. The Kier molecular flexibility index (Phi) is 5.69. The molecule has 0 radical (unpaired) electrons. The molecule has 4 heteroatoms. The van der Waals surface area contributed by atoms with E-state index in [4.69, 9.17) is 0 Å². The molecule has 0 atom stereocenters. The third kappa shape index (κ3) is 5.46. The van der Waals surface area contributed by atoms with Crippen LogP contribution in [0.15, 0.2) is 66.7 Å². The maximum Gasteiger partial charge on any atom is 0.412 e. The Labute approximate surface area is 105 Å². The van der Waals surface area contributed by atoms with Gasteiger partial charge in [-0.3, -0.25) is 0 Å². The summed E-state index contributed by atoms with van der Waals surface area (Å²) in [6.45, 7) is 0. The minimum Gasteiger partial charge on any atom is -0.373 e. The normalized spacial score (nSPS) is 8.67. The number of esters is 1. The van der Waals surface area contributed by atoms with Crippen LogP contribution < -0.4 is 5.73 Å². The second-order valence-electron chi connectivity index (χ2n) is 3.23. The number of nitrogens with two attached hydrogens (primary N) is 1. The van der Waals surface area contributed by atoms with Crippen LogP contribution >= 0.6 is 0 Å². The molecule has 0 aliphatic carbocycles. The van der Waals surface area contributed by atoms with Crippen LogP contribution in [0.4, 0.5) is 4.79 Å². The summed E-state index contributed by atoms with van der Waals surface area (Å²) in [7, 11) is 0. The lowest BCUT2D eigenvalue weighted by Crippen LogP contribution is -2.18. The highest BCUT2D eigenvalue weighted by Crippen LogP contribution is 2.00. The molecule has 92 valence electrons. The number of carbonyl (C=O) groups is 2. The highest BCUT2D eigenvalue weighted by atomic mass is 16.6. The van der Waals surface area contributed by atoms with Crippen molar-refractivity contribution in [3.63, 3.8) is 0 Å². The second-order valence-corrected chi connectivity index (χ2v) is 3.23. The first-order valence-corrected chi connectivity index (χ1v) is 5.27. The van der Waals surface area contributed by atoms with Gasteiger partial charge in [-0.25, -0.2) is 9.59 Å². The van der Waals surface area contributed by atoms with E-state index in [9.17, 15) is 9.59 Å². The number of amides is 1. The monoisotopic (exact) mass is 243 g/mol. The largest absolute Gasteiger partial charge is 0.412 e. The quantitative estimate of drug-likeness (QED) is 0.618. The van der Waals surface area contributed by atoms with Crippen LogP contribution in [0.5, 0.6) is 0 Å². The van der Waals surface area contributed by atoms with E-state index in [2.05, 4.69) is 10.5 Å². The summed E-state index contributed by atoms with van der Waals surface area (Å²) in [4.78, 5) is 21.1. The fourth-order valence-corrected chi connectivity index (χ4v) is 1.11. The van der Waals surface area contributed by atoms with Crippen molar-refractivity contribution in [3.05, 3.63) is 72.3 Å². The third-order valence-corrected chi connectivity index (χ3v) is 1.87. The first-order valence-electron chi connectivity index (χ1n) is 5.27. The molecule has 4 nitrogen and oxygen atoms in total. The van der Waals surface area contributed by atoms with Gasteiger partial charge >= 0.3 is 12.1 Å². The van der Waals surface area contributed by atoms with E-state index in [1.54, 1.807) is 18.2 Å². The Morgan fingerprint density at radius 1 is 0.778 bits per heavy atom. The Bertz CT molecular complexity index is 456. The lowest BCUT2D eigenvalue weighted by atomic mass is 10.2. The van der Waals surface area contributed by atoms with Gasteiger partial charge in [-0.05, 0) is 12.1 Å². The zero-order chi connectivity index (χ0) is 13.2. The summed E-state index contributed by atoms with van der Waals surface area (Å²) in [5.41, 5.74) is 4.95. The standard InChI is InChI=1S/C8H7NO3.C6H6/c9-8(11)12-7(10)6-4-2-1-3-5-6;1-2-4-6-5-3-1/h1-5H,(H2,9,11);1-6H. The maximum atomic E-state index is 10.9. The molecule has 0 aliphatic heterocycles. The molecular formula is C14H13NO3. The van der Waals surface area contributed by atoms with E-state index in [1.165, 1.54) is 12.1 Å². The van der Waals surface area contributed by atoms with E-state index in [1.807, 2.05) is 36.4 Å². The smallest absolute Gasteiger partial charge is 0.373 e. The van der Waals surface area contributed by atoms with Crippen molar-refractivity contribution in [2.24, 2.45) is 5.73 Å². The van der Waals surface area contributed by atoms with Gasteiger partial charge < -0.3 is 10.5 Å². The second kappa shape index (κ2) is 7.62. The molecule has 2 N–H and O–H groups in total. The van der Waals surface area contributed by atoms with Gasteiger partial charge in [0.15, 0.2) is 0 Å². The van der Waals surface area contributed by atoms with Crippen LogP contribution in [-0.2, 0) is 4.74 Å². The fraction of sp³-hybridized carbons (Fsp3) is 0. The number of primary amides is 1. The number of rotatable bonds is 1. The summed E-state index contributed by atoms with van der Waals surface area (Å²) in [5, 5.41) is 0. The van der Waals surface area contributed by atoms with Crippen LogP contribution in [0.3, 0.4) is 0 Å². The van der Waals surface area contributed by atoms with Gasteiger partial charge in [0.05, 0.1) is 5.56 Å². The van der Waals surface area contributed by atoms with E-state index in [-0.39, 0.29) is 0 Å². The van der Waals surface area contributed by atoms with Gasteiger partial charge in [0.25, 0.3) is 0 Å². The highest BCUT2D eigenvalue weighted by molar-refractivity contribution is 5.95. The molecule has 2 aromatic rings. The third-order valence-electron chi connectivity index (χ3n) is 1.87. The average Bonchev–Trinajstić information content (AvgIpc) is 2.42. The molecule has 0 fully saturated rings. The van der Waals surface area contributed by atoms with Crippen LogP contribution in [0, 0.1) is 0 Å². The minimum atomic E-state index is -1.09. The SMILES string of the molecule is NC(=O)OC(=O)c1ccccc1.c1ccccc1. The zero-order valence-electron chi connectivity index (χ0n) is 9.65. The van der Waals surface area contributed by atoms with Crippen molar-refractivity contribution in [1.29, 1.82) is 0 Å². The molecule has 0 saturated carbocycles. The summed E-state index contributed by atoms with van der Waals surface area (Å²) in [6, 6.07) is 20.1. The summed E-state index contributed by atoms with van der Waals surface area (Å²) < 4.78 is 4.14. The van der Waals surface area contributed by atoms with E-state index in [0.29, 0.717) is 5.56 Å². The van der Waals surface area contributed by atoms with Gasteiger partial charge in [-0.1, -0.05) is 54.6 Å². The fourth-order valence-electron chi connectivity index (χ4n) is 1.11. The molecule has 2 aromatic carbocycles. The molecular weight excluding hydrogens is 230 g/mol. The molecule has 0 aliphatic rings. The van der Waals surface area contributed by atoms with Gasteiger partial charge in [-0.15, -0.1) is 0 Å². The Morgan fingerprint density at radius 3 is 1.56 bits per heavy atom. The first-order chi connectivity index (χ1) is 8.70. The van der Waals surface area contributed by atoms with E-state index in [0.717, 1.165) is 0 Å². The van der Waals surface area contributed by atoms with Crippen molar-refractivity contribution in [1.82, 2.24) is 0 Å². The van der Waals surface area contributed by atoms with Crippen LogP contribution in [-0.4, -0.2) is 12.1 Å². The topological polar surface area (TPSA) is 69.4 Å². The lowest BCUT2D eigenvalue weighted by Gasteiger charge is -1.97. The molecule has 0 spiro atoms. The van der Waals surface area contributed by atoms with Crippen molar-refractivity contribution >= 4 is 12.1 Å². The molecule has 2 rings (SSSR count). The van der Waals surface area contributed by atoms with Crippen LogP contribution in [0.1, 0.15) is 10.4 Å². The van der Waals surface area contributed by atoms with Gasteiger partial charge in [0, 0.05) is 0 Å². The van der Waals surface area contributed by atoms with Crippen molar-refractivity contribution < 1.29 is 14.3 Å².